The standard InChI is InChI=1S/C22H19FN2O4/c1-27-17-8-4-15(5-9-17)19-13-20(21-3-2-12-28-21)25(24-19)22(26)14-29-18-10-6-16(23)7-11-18/h2-12,20H,13-14H2,1H3. The van der Waals surface area contributed by atoms with Crippen LogP contribution >= 0.6 is 0 Å². The summed E-state index contributed by atoms with van der Waals surface area (Å²) >= 11 is 0. The molecule has 2 aromatic carbocycles. The number of hydrazone groups is 1. The lowest BCUT2D eigenvalue weighted by molar-refractivity contribution is -0.135. The van der Waals surface area contributed by atoms with E-state index in [4.69, 9.17) is 13.9 Å². The van der Waals surface area contributed by atoms with Gasteiger partial charge in [0.2, 0.25) is 0 Å². The largest absolute Gasteiger partial charge is 0.497 e. The normalized spacial score (nSPS) is 15.9. The summed E-state index contributed by atoms with van der Waals surface area (Å²) in [5.74, 6) is 1.12. The van der Waals surface area contributed by atoms with Gasteiger partial charge in [-0.2, -0.15) is 5.10 Å². The van der Waals surface area contributed by atoms with Crippen molar-refractivity contribution < 1.29 is 23.1 Å². The number of methoxy groups -OCH3 is 1. The second-order valence-corrected chi connectivity index (χ2v) is 6.49. The number of furan rings is 1. The minimum absolute atomic E-state index is 0.220. The van der Waals surface area contributed by atoms with Gasteiger partial charge in [-0.1, -0.05) is 0 Å². The van der Waals surface area contributed by atoms with Gasteiger partial charge < -0.3 is 13.9 Å². The van der Waals surface area contributed by atoms with Crippen molar-refractivity contribution in [2.45, 2.75) is 12.5 Å². The van der Waals surface area contributed by atoms with Gasteiger partial charge in [-0.25, -0.2) is 9.40 Å². The number of amides is 1. The van der Waals surface area contributed by atoms with Crippen LogP contribution in [0.4, 0.5) is 4.39 Å². The zero-order valence-corrected chi connectivity index (χ0v) is 15.7. The van der Waals surface area contributed by atoms with E-state index in [0.717, 1.165) is 17.0 Å². The number of rotatable bonds is 6. The molecule has 1 aromatic heterocycles. The Hall–Kier alpha value is -3.61. The number of carbonyl (C=O) groups excluding carboxylic acids is 1. The Morgan fingerprint density at radius 2 is 1.86 bits per heavy atom. The third kappa shape index (κ3) is 4.13. The number of nitrogens with zero attached hydrogens (tertiary/aromatic N) is 2. The minimum Gasteiger partial charge on any atom is -0.497 e. The van der Waals surface area contributed by atoms with E-state index in [-0.39, 0.29) is 24.4 Å². The number of halogens is 1. The molecule has 29 heavy (non-hydrogen) atoms. The molecular weight excluding hydrogens is 375 g/mol. The smallest absolute Gasteiger partial charge is 0.281 e. The molecule has 0 radical (unpaired) electrons. The van der Waals surface area contributed by atoms with Crippen LogP contribution in [0, 0.1) is 5.82 Å². The molecule has 6 nitrogen and oxygen atoms in total. The molecule has 3 aromatic rings. The van der Waals surface area contributed by atoms with Gasteiger partial charge in [-0.3, -0.25) is 4.79 Å². The third-order valence-electron chi connectivity index (χ3n) is 4.64. The predicted molar refractivity (Wildman–Crippen MR) is 104 cm³/mol. The molecule has 0 saturated carbocycles. The Morgan fingerprint density at radius 1 is 1.14 bits per heavy atom. The number of hydrogen-bond acceptors (Lipinski definition) is 5. The molecule has 0 aliphatic carbocycles. The Bertz CT molecular complexity index is 998. The van der Waals surface area contributed by atoms with E-state index in [1.807, 2.05) is 30.3 Å². The van der Waals surface area contributed by atoms with Crippen molar-refractivity contribution in [3.05, 3.63) is 84.1 Å². The maximum absolute atomic E-state index is 13.0. The molecule has 0 fully saturated rings. The van der Waals surface area contributed by atoms with Gasteiger partial charge in [-0.05, 0) is 66.2 Å². The van der Waals surface area contributed by atoms with Crippen molar-refractivity contribution in [3.63, 3.8) is 0 Å². The van der Waals surface area contributed by atoms with Gasteiger partial charge in [0.25, 0.3) is 5.91 Å². The molecule has 2 heterocycles. The van der Waals surface area contributed by atoms with Crippen molar-refractivity contribution in [1.29, 1.82) is 0 Å². The number of hydrogen-bond donors (Lipinski definition) is 0. The van der Waals surface area contributed by atoms with Crippen LogP contribution in [0.15, 0.2) is 76.4 Å². The van der Waals surface area contributed by atoms with Crippen LogP contribution < -0.4 is 9.47 Å². The van der Waals surface area contributed by atoms with E-state index < -0.39 is 0 Å². The molecule has 1 unspecified atom stereocenters. The van der Waals surface area contributed by atoms with E-state index in [1.165, 1.54) is 29.3 Å². The molecular formula is C22H19FN2O4. The molecule has 148 valence electrons. The van der Waals surface area contributed by atoms with Crippen LogP contribution in [0.5, 0.6) is 11.5 Å². The maximum Gasteiger partial charge on any atom is 0.281 e. The van der Waals surface area contributed by atoms with Gasteiger partial charge in [0.1, 0.15) is 29.1 Å². The van der Waals surface area contributed by atoms with Crippen LogP contribution in [0.2, 0.25) is 0 Å². The van der Waals surface area contributed by atoms with E-state index >= 15 is 0 Å². The van der Waals surface area contributed by atoms with Gasteiger partial charge in [0.15, 0.2) is 6.61 Å². The fourth-order valence-electron chi connectivity index (χ4n) is 3.14. The highest BCUT2D eigenvalue weighted by atomic mass is 19.1. The molecule has 1 aliphatic heterocycles. The fourth-order valence-corrected chi connectivity index (χ4v) is 3.14. The lowest BCUT2D eigenvalue weighted by Gasteiger charge is -2.20. The van der Waals surface area contributed by atoms with Crippen LogP contribution in [0.3, 0.4) is 0 Å². The molecule has 0 N–H and O–H groups in total. The average molecular weight is 394 g/mol. The summed E-state index contributed by atoms with van der Waals surface area (Å²) in [5, 5.41) is 5.93. The topological polar surface area (TPSA) is 64.3 Å². The van der Waals surface area contributed by atoms with Gasteiger partial charge in [0, 0.05) is 6.42 Å². The van der Waals surface area contributed by atoms with E-state index in [2.05, 4.69) is 5.10 Å². The first-order valence-electron chi connectivity index (χ1n) is 9.10. The van der Waals surface area contributed by atoms with Gasteiger partial charge >= 0.3 is 0 Å². The molecule has 0 saturated heterocycles. The van der Waals surface area contributed by atoms with Crippen LogP contribution in [0.25, 0.3) is 0 Å². The number of carbonyl (C=O) groups is 1. The van der Waals surface area contributed by atoms with Crippen molar-refractivity contribution in [3.8, 4) is 11.5 Å². The molecule has 0 spiro atoms. The summed E-state index contributed by atoms with van der Waals surface area (Å²) in [4.78, 5) is 12.8. The van der Waals surface area contributed by atoms with Gasteiger partial charge in [-0.15, -0.1) is 0 Å². The lowest BCUT2D eigenvalue weighted by atomic mass is 10.0. The predicted octanol–water partition coefficient (Wildman–Crippen LogP) is 4.18. The molecule has 0 bridgehead atoms. The molecule has 1 aliphatic rings. The van der Waals surface area contributed by atoms with Crippen molar-refractivity contribution in [1.82, 2.24) is 5.01 Å². The third-order valence-corrected chi connectivity index (χ3v) is 4.64. The number of ether oxygens (including phenoxy) is 2. The summed E-state index contributed by atoms with van der Waals surface area (Å²) in [5.41, 5.74) is 1.67. The van der Waals surface area contributed by atoms with E-state index in [0.29, 0.717) is 17.9 Å². The summed E-state index contributed by atoms with van der Waals surface area (Å²) in [6, 6.07) is 16.2. The highest BCUT2D eigenvalue weighted by Gasteiger charge is 2.35. The first-order chi connectivity index (χ1) is 14.1. The molecule has 1 atom stereocenters. The summed E-state index contributed by atoms with van der Waals surface area (Å²) in [6.07, 6.45) is 2.08. The monoisotopic (exact) mass is 394 g/mol. The highest BCUT2D eigenvalue weighted by molar-refractivity contribution is 6.03. The lowest BCUT2D eigenvalue weighted by Crippen LogP contribution is -2.31. The maximum atomic E-state index is 13.0. The zero-order chi connectivity index (χ0) is 20.2. The summed E-state index contributed by atoms with van der Waals surface area (Å²) < 4.78 is 29.2. The minimum atomic E-state index is -0.366. The Morgan fingerprint density at radius 3 is 2.52 bits per heavy atom. The van der Waals surface area contributed by atoms with E-state index in [9.17, 15) is 9.18 Å². The number of benzene rings is 2. The first kappa shape index (κ1) is 18.7. The van der Waals surface area contributed by atoms with Crippen LogP contribution in [-0.2, 0) is 4.79 Å². The fraction of sp³-hybridized carbons (Fsp3) is 0.182. The summed E-state index contributed by atoms with van der Waals surface area (Å²) in [6.45, 7) is -0.220. The Kier molecular flexibility index (Phi) is 5.29. The second kappa shape index (κ2) is 8.18. The summed E-state index contributed by atoms with van der Waals surface area (Å²) in [7, 11) is 1.61. The zero-order valence-electron chi connectivity index (χ0n) is 15.7. The molecule has 1 amide bonds. The quantitative estimate of drug-likeness (QED) is 0.629. The Balaban J connectivity index is 1.53. The molecule has 7 heteroatoms. The van der Waals surface area contributed by atoms with Crippen molar-refractivity contribution in [2.75, 3.05) is 13.7 Å². The van der Waals surface area contributed by atoms with Crippen molar-refractivity contribution >= 4 is 11.6 Å². The SMILES string of the molecule is COc1ccc(C2=NN(C(=O)COc3ccc(F)cc3)C(c3ccco3)C2)cc1. The van der Waals surface area contributed by atoms with Crippen LogP contribution in [-0.4, -0.2) is 30.3 Å². The first-order valence-corrected chi connectivity index (χ1v) is 9.10. The average Bonchev–Trinajstić information content (AvgIpc) is 3.43. The van der Waals surface area contributed by atoms with Crippen LogP contribution in [0.1, 0.15) is 23.8 Å². The Labute approximate surface area is 167 Å². The van der Waals surface area contributed by atoms with Crippen molar-refractivity contribution in [2.24, 2.45) is 5.10 Å². The second-order valence-electron chi connectivity index (χ2n) is 6.49. The van der Waals surface area contributed by atoms with E-state index in [1.54, 1.807) is 19.4 Å². The molecule has 4 rings (SSSR count). The van der Waals surface area contributed by atoms with Gasteiger partial charge in [0.05, 0.1) is 19.1 Å². The highest BCUT2D eigenvalue weighted by Crippen LogP contribution is 2.33.